The molecule has 1 aromatic heterocycles. The third-order valence-electron chi connectivity index (χ3n) is 3.71. The van der Waals surface area contributed by atoms with Crippen molar-refractivity contribution in [2.24, 2.45) is 12.0 Å². The van der Waals surface area contributed by atoms with E-state index in [4.69, 9.17) is 4.74 Å². The standard InChI is InChI=1S/C18H15N3O4S/c1-20-17-14(25-2)7-4-8-15(17)26-18(20)19-16(22)10-9-12-5-3-6-13(11-12)21(23)24/h3-11H,1-2H3. The van der Waals surface area contributed by atoms with Gasteiger partial charge in [-0.1, -0.05) is 29.5 Å². The van der Waals surface area contributed by atoms with Gasteiger partial charge in [0.2, 0.25) is 0 Å². The molecule has 0 saturated heterocycles. The van der Waals surface area contributed by atoms with Crippen molar-refractivity contribution in [3.63, 3.8) is 0 Å². The van der Waals surface area contributed by atoms with Gasteiger partial charge in [0, 0.05) is 25.3 Å². The minimum absolute atomic E-state index is 0.0282. The number of thiazole rings is 1. The number of benzene rings is 2. The quantitative estimate of drug-likeness (QED) is 0.401. The Kier molecular flexibility index (Phi) is 4.94. The van der Waals surface area contributed by atoms with Crippen LogP contribution in [0, 0.1) is 10.1 Å². The maximum Gasteiger partial charge on any atom is 0.272 e. The summed E-state index contributed by atoms with van der Waals surface area (Å²) in [6.45, 7) is 0. The molecule has 0 saturated carbocycles. The van der Waals surface area contributed by atoms with Crippen LogP contribution in [-0.2, 0) is 11.8 Å². The average Bonchev–Trinajstić information content (AvgIpc) is 2.96. The molecular weight excluding hydrogens is 354 g/mol. The number of rotatable bonds is 4. The fourth-order valence-electron chi connectivity index (χ4n) is 2.48. The third kappa shape index (κ3) is 3.55. The van der Waals surface area contributed by atoms with E-state index in [0.29, 0.717) is 16.1 Å². The first-order valence-corrected chi connectivity index (χ1v) is 8.45. The van der Waals surface area contributed by atoms with Gasteiger partial charge in [-0.15, -0.1) is 0 Å². The number of aryl methyl sites for hydroxylation is 1. The number of amides is 1. The summed E-state index contributed by atoms with van der Waals surface area (Å²) in [5, 5.41) is 10.8. The van der Waals surface area contributed by atoms with E-state index in [-0.39, 0.29) is 5.69 Å². The first-order chi connectivity index (χ1) is 12.5. The predicted octanol–water partition coefficient (Wildman–Crippen LogP) is 3.30. The summed E-state index contributed by atoms with van der Waals surface area (Å²) < 4.78 is 8.12. The van der Waals surface area contributed by atoms with Gasteiger partial charge in [-0.25, -0.2) is 0 Å². The molecule has 0 aliphatic heterocycles. The molecule has 1 amide bonds. The number of hydrogen-bond acceptors (Lipinski definition) is 5. The summed E-state index contributed by atoms with van der Waals surface area (Å²) >= 11 is 1.38. The number of para-hydroxylation sites is 1. The zero-order valence-electron chi connectivity index (χ0n) is 14.1. The topological polar surface area (TPSA) is 86.7 Å². The molecule has 0 fully saturated rings. The maximum atomic E-state index is 12.2. The van der Waals surface area contributed by atoms with Gasteiger partial charge in [0.05, 0.1) is 16.7 Å². The second-order valence-corrected chi connectivity index (χ2v) is 6.40. The highest BCUT2D eigenvalue weighted by atomic mass is 32.1. The van der Waals surface area contributed by atoms with Crippen LogP contribution in [0.4, 0.5) is 5.69 Å². The zero-order valence-corrected chi connectivity index (χ0v) is 14.9. The van der Waals surface area contributed by atoms with E-state index in [2.05, 4.69) is 4.99 Å². The van der Waals surface area contributed by atoms with Crippen molar-refractivity contribution in [3.05, 3.63) is 69.0 Å². The molecule has 3 aromatic rings. The molecule has 0 unspecified atom stereocenters. The number of hydrogen-bond donors (Lipinski definition) is 0. The molecule has 26 heavy (non-hydrogen) atoms. The highest BCUT2D eigenvalue weighted by molar-refractivity contribution is 7.16. The van der Waals surface area contributed by atoms with E-state index < -0.39 is 10.8 Å². The van der Waals surface area contributed by atoms with Crippen molar-refractivity contribution in [1.82, 2.24) is 4.57 Å². The molecule has 0 atom stereocenters. The number of fused-ring (bicyclic) bond motifs is 1. The molecule has 2 aromatic carbocycles. The van der Waals surface area contributed by atoms with Gasteiger partial charge in [-0.3, -0.25) is 14.9 Å². The molecule has 0 aliphatic rings. The van der Waals surface area contributed by atoms with Crippen LogP contribution in [0.2, 0.25) is 0 Å². The molecule has 0 N–H and O–H groups in total. The lowest BCUT2D eigenvalue weighted by Gasteiger charge is -2.02. The fraction of sp³-hybridized carbons (Fsp3) is 0.111. The van der Waals surface area contributed by atoms with Crippen LogP contribution in [0.25, 0.3) is 16.3 Å². The molecule has 0 bridgehead atoms. The Morgan fingerprint density at radius 3 is 2.81 bits per heavy atom. The summed E-state index contributed by atoms with van der Waals surface area (Å²) in [7, 11) is 3.41. The average molecular weight is 369 g/mol. The van der Waals surface area contributed by atoms with Gasteiger partial charge < -0.3 is 9.30 Å². The first kappa shape index (κ1) is 17.6. The van der Waals surface area contributed by atoms with E-state index in [0.717, 1.165) is 10.2 Å². The summed E-state index contributed by atoms with van der Waals surface area (Å²) in [5.41, 5.74) is 1.40. The van der Waals surface area contributed by atoms with E-state index in [9.17, 15) is 14.9 Å². The van der Waals surface area contributed by atoms with E-state index in [1.165, 1.54) is 35.6 Å². The Balaban J connectivity index is 1.92. The third-order valence-corrected chi connectivity index (χ3v) is 4.81. The van der Waals surface area contributed by atoms with Gasteiger partial charge in [0.25, 0.3) is 11.6 Å². The molecule has 0 aliphatic carbocycles. The normalized spacial score (nSPS) is 12.0. The van der Waals surface area contributed by atoms with Crippen LogP contribution >= 0.6 is 11.3 Å². The van der Waals surface area contributed by atoms with Gasteiger partial charge >= 0.3 is 0 Å². The van der Waals surface area contributed by atoms with Crippen molar-refractivity contribution in [2.75, 3.05) is 7.11 Å². The number of ether oxygens (including phenoxy) is 1. The van der Waals surface area contributed by atoms with Crippen LogP contribution in [0.1, 0.15) is 5.56 Å². The lowest BCUT2D eigenvalue weighted by atomic mass is 10.2. The van der Waals surface area contributed by atoms with Crippen molar-refractivity contribution < 1.29 is 14.5 Å². The molecule has 0 spiro atoms. The summed E-state index contributed by atoms with van der Waals surface area (Å²) in [6.07, 6.45) is 2.80. The Hall–Kier alpha value is -3.26. The van der Waals surface area contributed by atoms with Gasteiger partial charge in [-0.05, 0) is 23.8 Å². The predicted molar refractivity (Wildman–Crippen MR) is 100 cm³/mol. The first-order valence-electron chi connectivity index (χ1n) is 7.63. The lowest BCUT2D eigenvalue weighted by Crippen LogP contribution is -2.12. The molecule has 0 radical (unpaired) electrons. The van der Waals surface area contributed by atoms with Crippen molar-refractivity contribution in [1.29, 1.82) is 0 Å². The number of aromatic nitrogens is 1. The Morgan fingerprint density at radius 1 is 1.31 bits per heavy atom. The second kappa shape index (κ2) is 7.32. The molecule has 3 rings (SSSR count). The number of nitrogens with zero attached hydrogens (tertiary/aromatic N) is 3. The molecule has 8 heteroatoms. The van der Waals surface area contributed by atoms with E-state index >= 15 is 0 Å². The monoisotopic (exact) mass is 369 g/mol. The van der Waals surface area contributed by atoms with Gasteiger partial charge in [-0.2, -0.15) is 4.99 Å². The maximum absolute atomic E-state index is 12.2. The highest BCUT2D eigenvalue weighted by Gasteiger charge is 2.09. The van der Waals surface area contributed by atoms with Crippen molar-refractivity contribution in [2.45, 2.75) is 0 Å². The Bertz CT molecular complexity index is 1100. The second-order valence-electron chi connectivity index (χ2n) is 5.39. The molecule has 132 valence electrons. The Labute approximate surface area is 152 Å². The highest BCUT2D eigenvalue weighted by Crippen LogP contribution is 2.26. The number of carbonyl (C=O) groups is 1. The minimum atomic E-state index is -0.478. The smallest absolute Gasteiger partial charge is 0.272 e. The van der Waals surface area contributed by atoms with Crippen LogP contribution in [0.15, 0.2) is 53.5 Å². The number of nitro groups is 1. The van der Waals surface area contributed by atoms with Crippen molar-refractivity contribution >= 4 is 39.2 Å². The zero-order chi connectivity index (χ0) is 18.7. The number of carbonyl (C=O) groups excluding carboxylic acids is 1. The largest absolute Gasteiger partial charge is 0.495 e. The Morgan fingerprint density at radius 2 is 2.08 bits per heavy atom. The van der Waals surface area contributed by atoms with Gasteiger partial charge in [0.1, 0.15) is 11.3 Å². The van der Waals surface area contributed by atoms with E-state index in [1.54, 1.807) is 23.8 Å². The number of nitro benzene ring substituents is 1. The van der Waals surface area contributed by atoms with Crippen molar-refractivity contribution in [3.8, 4) is 5.75 Å². The molecule has 1 heterocycles. The molecular formula is C18H15N3O4S. The molecule has 7 nitrogen and oxygen atoms in total. The number of non-ortho nitro benzene ring substituents is 1. The fourth-order valence-corrected chi connectivity index (χ4v) is 3.52. The minimum Gasteiger partial charge on any atom is -0.495 e. The summed E-state index contributed by atoms with van der Waals surface area (Å²) in [6, 6.07) is 11.7. The van der Waals surface area contributed by atoms with Crippen LogP contribution in [0.5, 0.6) is 5.75 Å². The van der Waals surface area contributed by atoms with Crippen LogP contribution < -0.4 is 9.54 Å². The van der Waals surface area contributed by atoms with Crippen LogP contribution in [0.3, 0.4) is 0 Å². The SMILES string of the molecule is COc1cccc2sc(=NC(=O)C=Cc3cccc([N+](=O)[O-])c3)n(C)c12. The van der Waals surface area contributed by atoms with Crippen LogP contribution in [-0.4, -0.2) is 22.5 Å². The summed E-state index contributed by atoms with van der Waals surface area (Å²) in [4.78, 5) is 27.1. The van der Waals surface area contributed by atoms with E-state index in [1.807, 2.05) is 25.2 Å². The number of methoxy groups -OCH3 is 1. The summed E-state index contributed by atoms with van der Waals surface area (Å²) in [5.74, 6) is 0.264. The van der Waals surface area contributed by atoms with Gasteiger partial charge in [0.15, 0.2) is 4.80 Å². The lowest BCUT2D eigenvalue weighted by molar-refractivity contribution is -0.384.